The average molecular weight is 204 g/mol. The average Bonchev–Trinajstić information content (AvgIpc) is 2.27. The van der Waals surface area contributed by atoms with Crippen LogP contribution in [0.5, 0.6) is 5.75 Å². The summed E-state index contributed by atoms with van der Waals surface area (Å²) in [6.07, 6.45) is 1.55. The first-order valence-electron chi connectivity index (χ1n) is 4.89. The number of Topliss-reactive ketones (excluding diaryl/α,β-unsaturated/α-hetero) is 1. The minimum Gasteiger partial charge on any atom is -0.496 e. The van der Waals surface area contributed by atoms with Gasteiger partial charge in [0.15, 0.2) is 0 Å². The van der Waals surface area contributed by atoms with Crippen LogP contribution >= 0.6 is 0 Å². The van der Waals surface area contributed by atoms with Crippen LogP contribution in [0.25, 0.3) is 0 Å². The molecule has 0 heterocycles. The van der Waals surface area contributed by atoms with Crippen molar-refractivity contribution in [3.8, 4) is 5.75 Å². The fourth-order valence-electron chi connectivity index (χ4n) is 1.98. The van der Waals surface area contributed by atoms with E-state index in [1.165, 1.54) is 0 Å². The molecule has 1 aliphatic carbocycles. The molecule has 1 unspecified atom stereocenters. The molecule has 0 bridgehead atoms. The van der Waals surface area contributed by atoms with E-state index in [0.717, 1.165) is 23.2 Å². The van der Waals surface area contributed by atoms with E-state index in [-0.39, 0.29) is 5.78 Å². The van der Waals surface area contributed by atoms with Gasteiger partial charge in [-0.1, -0.05) is 12.1 Å². The van der Waals surface area contributed by atoms with Gasteiger partial charge in [0.25, 0.3) is 0 Å². The van der Waals surface area contributed by atoms with Gasteiger partial charge in [0.05, 0.1) is 13.0 Å². The van der Waals surface area contributed by atoms with E-state index in [4.69, 9.17) is 4.74 Å². The quantitative estimate of drug-likeness (QED) is 0.536. The van der Waals surface area contributed by atoms with E-state index in [1.807, 2.05) is 18.2 Å². The molecule has 0 saturated carbocycles. The minimum atomic E-state index is -0.492. The predicted octanol–water partition coefficient (Wildman–Crippen LogP) is 1.18. The zero-order valence-electron chi connectivity index (χ0n) is 8.53. The van der Waals surface area contributed by atoms with Crippen molar-refractivity contribution < 1.29 is 14.3 Å². The summed E-state index contributed by atoms with van der Waals surface area (Å²) < 4.78 is 5.21. The van der Waals surface area contributed by atoms with Gasteiger partial charge in [-0.2, -0.15) is 0 Å². The Morgan fingerprint density at radius 3 is 2.93 bits per heavy atom. The molecule has 1 aromatic carbocycles. The van der Waals surface area contributed by atoms with Crippen molar-refractivity contribution in [3.63, 3.8) is 0 Å². The summed E-state index contributed by atoms with van der Waals surface area (Å²) in [5, 5.41) is 0. The maximum absolute atomic E-state index is 11.5. The molecule has 78 valence electrons. The van der Waals surface area contributed by atoms with E-state index in [1.54, 1.807) is 7.11 Å². The second-order valence-electron chi connectivity index (χ2n) is 3.69. The normalized spacial score (nSPS) is 19.5. The topological polar surface area (TPSA) is 43.4 Å². The molecule has 0 aliphatic heterocycles. The number of carbonyl (C=O) groups excluding carboxylic acids is 2. The highest BCUT2D eigenvalue weighted by Gasteiger charge is 2.27. The van der Waals surface area contributed by atoms with E-state index in [0.29, 0.717) is 12.8 Å². The van der Waals surface area contributed by atoms with Gasteiger partial charge in [0.2, 0.25) is 0 Å². The highest BCUT2D eigenvalue weighted by molar-refractivity contribution is 5.96. The number of hydrogen-bond acceptors (Lipinski definition) is 3. The molecule has 0 N–H and O–H groups in total. The lowest BCUT2D eigenvalue weighted by Gasteiger charge is -2.21. The summed E-state index contributed by atoms with van der Waals surface area (Å²) in [6, 6.07) is 5.64. The lowest BCUT2D eigenvalue weighted by Crippen LogP contribution is -2.26. The van der Waals surface area contributed by atoms with Crippen molar-refractivity contribution >= 4 is 12.1 Å². The number of fused-ring (bicyclic) bond motifs is 1. The van der Waals surface area contributed by atoms with Crippen molar-refractivity contribution in [3.05, 3.63) is 29.3 Å². The molecule has 1 aliphatic rings. The smallest absolute Gasteiger partial charge is 0.147 e. The van der Waals surface area contributed by atoms with E-state index in [2.05, 4.69) is 0 Å². The Morgan fingerprint density at radius 2 is 2.27 bits per heavy atom. The Hall–Kier alpha value is -1.64. The molecule has 2 rings (SSSR count). The van der Waals surface area contributed by atoms with Crippen LogP contribution in [0.15, 0.2) is 18.2 Å². The Labute approximate surface area is 88.1 Å². The van der Waals surface area contributed by atoms with Crippen molar-refractivity contribution in [2.75, 3.05) is 7.11 Å². The van der Waals surface area contributed by atoms with Crippen LogP contribution in [0.3, 0.4) is 0 Å². The maximum atomic E-state index is 11.5. The van der Waals surface area contributed by atoms with Crippen LogP contribution in [0.1, 0.15) is 11.1 Å². The minimum absolute atomic E-state index is 0.00533. The fourth-order valence-corrected chi connectivity index (χ4v) is 1.98. The monoisotopic (exact) mass is 204 g/mol. The third-order valence-electron chi connectivity index (χ3n) is 2.82. The van der Waals surface area contributed by atoms with E-state index >= 15 is 0 Å². The summed E-state index contributed by atoms with van der Waals surface area (Å²) in [5.41, 5.74) is 1.98. The van der Waals surface area contributed by atoms with Crippen LogP contribution in [0, 0.1) is 5.92 Å². The summed E-state index contributed by atoms with van der Waals surface area (Å²) in [5.74, 6) is 0.284. The summed E-state index contributed by atoms with van der Waals surface area (Å²) in [6.45, 7) is 0. The lowest BCUT2D eigenvalue weighted by atomic mass is 9.83. The fraction of sp³-hybridized carbons (Fsp3) is 0.333. The molecular weight excluding hydrogens is 192 g/mol. The molecular formula is C12H12O3. The van der Waals surface area contributed by atoms with E-state index < -0.39 is 5.92 Å². The number of aldehydes is 1. The summed E-state index contributed by atoms with van der Waals surface area (Å²) in [4.78, 5) is 22.2. The molecule has 3 heteroatoms. The highest BCUT2D eigenvalue weighted by atomic mass is 16.5. The maximum Gasteiger partial charge on any atom is 0.147 e. The third-order valence-corrected chi connectivity index (χ3v) is 2.82. The number of methoxy groups -OCH3 is 1. The predicted molar refractivity (Wildman–Crippen MR) is 55.0 cm³/mol. The molecule has 0 spiro atoms. The molecule has 0 aromatic heterocycles. The highest BCUT2D eigenvalue weighted by Crippen LogP contribution is 2.29. The standard InChI is InChI=1S/C12H12O3/c1-15-12-4-2-3-8-6-11(14)9(7-13)5-10(8)12/h2-4,7,9H,5-6H2,1H3. The summed E-state index contributed by atoms with van der Waals surface area (Å²) >= 11 is 0. The summed E-state index contributed by atoms with van der Waals surface area (Å²) in [7, 11) is 1.60. The Balaban J connectivity index is 2.44. The molecule has 15 heavy (non-hydrogen) atoms. The van der Waals surface area contributed by atoms with Crippen LogP contribution < -0.4 is 4.74 Å². The van der Waals surface area contributed by atoms with Gasteiger partial charge in [0, 0.05) is 6.42 Å². The Kier molecular flexibility index (Phi) is 2.54. The van der Waals surface area contributed by atoms with Crippen molar-refractivity contribution in [2.24, 2.45) is 5.92 Å². The first-order valence-corrected chi connectivity index (χ1v) is 4.89. The van der Waals surface area contributed by atoms with Gasteiger partial charge >= 0.3 is 0 Å². The SMILES string of the molecule is COc1cccc2c1CC(C=O)C(=O)C2. The molecule has 1 atom stereocenters. The first kappa shape index (κ1) is 9.90. The van der Waals surface area contributed by atoms with Crippen LogP contribution in [-0.4, -0.2) is 19.2 Å². The molecule has 0 saturated heterocycles. The molecule has 1 aromatic rings. The number of ether oxygens (including phenoxy) is 1. The Bertz CT molecular complexity index is 409. The Morgan fingerprint density at radius 1 is 1.47 bits per heavy atom. The number of carbonyl (C=O) groups is 2. The molecule has 0 amide bonds. The first-order chi connectivity index (χ1) is 7.26. The number of benzene rings is 1. The third kappa shape index (κ3) is 1.65. The number of hydrogen-bond donors (Lipinski definition) is 0. The van der Waals surface area contributed by atoms with Crippen LogP contribution in [0.2, 0.25) is 0 Å². The van der Waals surface area contributed by atoms with Gasteiger partial charge < -0.3 is 9.53 Å². The second-order valence-corrected chi connectivity index (χ2v) is 3.69. The largest absolute Gasteiger partial charge is 0.496 e. The second kappa shape index (κ2) is 3.85. The van der Waals surface area contributed by atoms with Crippen LogP contribution in [-0.2, 0) is 22.4 Å². The van der Waals surface area contributed by atoms with Gasteiger partial charge in [-0.05, 0) is 23.6 Å². The zero-order chi connectivity index (χ0) is 10.8. The zero-order valence-corrected chi connectivity index (χ0v) is 8.53. The molecule has 0 fully saturated rings. The number of ketones is 1. The van der Waals surface area contributed by atoms with Crippen molar-refractivity contribution in [1.82, 2.24) is 0 Å². The van der Waals surface area contributed by atoms with Crippen molar-refractivity contribution in [1.29, 1.82) is 0 Å². The van der Waals surface area contributed by atoms with Crippen LogP contribution in [0.4, 0.5) is 0 Å². The van der Waals surface area contributed by atoms with Crippen molar-refractivity contribution in [2.45, 2.75) is 12.8 Å². The molecule has 0 radical (unpaired) electrons. The van der Waals surface area contributed by atoms with Gasteiger partial charge in [-0.15, -0.1) is 0 Å². The van der Waals surface area contributed by atoms with Gasteiger partial charge in [-0.25, -0.2) is 0 Å². The van der Waals surface area contributed by atoms with E-state index in [9.17, 15) is 9.59 Å². The van der Waals surface area contributed by atoms with Gasteiger partial charge in [0.1, 0.15) is 17.8 Å². The van der Waals surface area contributed by atoms with Gasteiger partial charge in [-0.3, -0.25) is 4.79 Å². The number of rotatable bonds is 2. The lowest BCUT2D eigenvalue weighted by molar-refractivity contribution is -0.127. The molecule has 3 nitrogen and oxygen atoms in total.